The van der Waals surface area contributed by atoms with Crippen LogP contribution in [0.3, 0.4) is 0 Å². The number of aryl methyl sites for hydroxylation is 1. The summed E-state index contributed by atoms with van der Waals surface area (Å²) >= 11 is 1.29. The van der Waals surface area contributed by atoms with Crippen LogP contribution in [-0.4, -0.2) is 16.1 Å². The summed E-state index contributed by atoms with van der Waals surface area (Å²) in [5.74, 6) is -0.202. The summed E-state index contributed by atoms with van der Waals surface area (Å²) in [5.41, 5.74) is 3.85. The van der Waals surface area contributed by atoms with E-state index in [9.17, 15) is 4.79 Å². The van der Waals surface area contributed by atoms with Crippen molar-refractivity contribution in [1.82, 2.24) is 10.2 Å². The molecule has 0 radical (unpaired) electrons. The Morgan fingerprint density at radius 3 is 2.78 bits per heavy atom. The Hall–Kier alpha value is -2.01. The molecule has 5 heteroatoms. The van der Waals surface area contributed by atoms with Crippen molar-refractivity contribution in [3.8, 4) is 0 Å². The van der Waals surface area contributed by atoms with E-state index in [1.165, 1.54) is 23.0 Å². The van der Waals surface area contributed by atoms with E-state index in [2.05, 4.69) is 34.6 Å². The Balaban J connectivity index is 1.95. The minimum atomic E-state index is -0.202. The summed E-state index contributed by atoms with van der Waals surface area (Å²) < 4.78 is 0. The number of aromatic nitrogens is 2. The third kappa shape index (κ3) is 3.49. The van der Waals surface area contributed by atoms with E-state index in [-0.39, 0.29) is 5.91 Å². The average molecular weight is 259 g/mol. The van der Waals surface area contributed by atoms with Crippen LogP contribution in [0, 0.1) is 0 Å². The van der Waals surface area contributed by atoms with Crippen LogP contribution < -0.4 is 5.32 Å². The highest BCUT2D eigenvalue weighted by Gasteiger charge is 1.99. The molecule has 0 aliphatic heterocycles. The Bertz CT molecular complexity index is 532. The van der Waals surface area contributed by atoms with Gasteiger partial charge in [-0.25, -0.2) is 0 Å². The highest BCUT2D eigenvalue weighted by atomic mass is 32.1. The Labute approximate surface area is 109 Å². The Morgan fingerprint density at radius 1 is 1.39 bits per heavy atom. The lowest BCUT2D eigenvalue weighted by atomic mass is 10.1. The van der Waals surface area contributed by atoms with Crippen LogP contribution in [-0.2, 0) is 11.2 Å². The van der Waals surface area contributed by atoms with Gasteiger partial charge in [0.05, 0.1) is 0 Å². The fraction of sp³-hybridized carbons (Fsp3) is 0.154. The van der Waals surface area contributed by atoms with E-state index < -0.39 is 0 Å². The molecule has 92 valence electrons. The summed E-state index contributed by atoms with van der Waals surface area (Å²) in [4.78, 5) is 11.5. The first kappa shape index (κ1) is 12.4. The third-order valence-corrected chi connectivity index (χ3v) is 3.01. The molecule has 0 unspecified atom stereocenters. The van der Waals surface area contributed by atoms with Crippen LogP contribution in [0.2, 0.25) is 0 Å². The first-order chi connectivity index (χ1) is 8.78. The molecule has 0 atom stereocenters. The maximum absolute atomic E-state index is 11.5. The molecule has 0 aliphatic rings. The van der Waals surface area contributed by atoms with Crippen molar-refractivity contribution in [1.29, 1.82) is 0 Å². The number of hydrogen-bond acceptors (Lipinski definition) is 4. The average Bonchev–Trinajstić information content (AvgIpc) is 2.90. The van der Waals surface area contributed by atoms with Gasteiger partial charge < -0.3 is 0 Å². The fourth-order valence-electron chi connectivity index (χ4n) is 1.41. The zero-order valence-corrected chi connectivity index (χ0v) is 10.8. The second-order valence-corrected chi connectivity index (χ2v) is 4.49. The molecule has 0 saturated heterocycles. The van der Waals surface area contributed by atoms with Crippen LogP contribution in [0.15, 0.2) is 35.9 Å². The number of amides is 1. The third-order valence-electron chi connectivity index (χ3n) is 2.41. The molecular weight excluding hydrogens is 246 g/mol. The predicted molar refractivity (Wildman–Crippen MR) is 73.4 cm³/mol. The molecule has 18 heavy (non-hydrogen) atoms. The molecule has 1 aromatic carbocycles. The van der Waals surface area contributed by atoms with Gasteiger partial charge in [0.2, 0.25) is 11.0 Å². The highest BCUT2D eigenvalue weighted by Crippen LogP contribution is 2.09. The lowest BCUT2D eigenvalue weighted by Gasteiger charge is -1.97. The second kappa shape index (κ2) is 6.07. The summed E-state index contributed by atoms with van der Waals surface area (Å²) in [6.45, 7) is 2.11. The normalized spacial score (nSPS) is 10.7. The zero-order valence-electron chi connectivity index (χ0n) is 9.96. The summed E-state index contributed by atoms with van der Waals surface area (Å²) in [6, 6.07) is 8.10. The van der Waals surface area contributed by atoms with Gasteiger partial charge in [0.15, 0.2) is 0 Å². The van der Waals surface area contributed by atoms with Gasteiger partial charge in [-0.2, -0.15) is 0 Å². The smallest absolute Gasteiger partial charge is 0.250 e. The number of nitrogens with one attached hydrogen (secondary N) is 1. The van der Waals surface area contributed by atoms with Crippen molar-refractivity contribution in [2.75, 3.05) is 5.32 Å². The SMILES string of the molecule is CCc1ccc(/C=C/C(=O)Nc2nncs2)cc1. The molecule has 2 rings (SSSR count). The number of hydrogen-bond donors (Lipinski definition) is 1. The van der Waals surface area contributed by atoms with Crippen LogP contribution in [0.4, 0.5) is 5.13 Å². The summed E-state index contributed by atoms with van der Waals surface area (Å²) in [6.07, 6.45) is 4.28. The van der Waals surface area contributed by atoms with Crippen molar-refractivity contribution in [3.63, 3.8) is 0 Å². The molecule has 4 nitrogen and oxygen atoms in total. The monoisotopic (exact) mass is 259 g/mol. The van der Waals surface area contributed by atoms with Gasteiger partial charge >= 0.3 is 0 Å². The minimum Gasteiger partial charge on any atom is -0.297 e. The quantitative estimate of drug-likeness (QED) is 0.859. The molecular formula is C13H13N3OS. The summed E-state index contributed by atoms with van der Waals surface area (Å²) in [5, 5.41) is 10.5. The Morgan fingerprint density at radius 2 is 2.17 bits per heavy atom. The highest BCUT2D eigenvalue weighted by molar-refractivity contribution is 7.13. The maximum atomic E-state index is 11.5. The number of nitrogens with zero attached hydrogens (tertiary/aromatic N) is 2. The topological polar surface area (TPSA) is 54.9 Å². The van der Waals surface area contributed by atoms with E-state index in [4.69, 9.17) is 0 Å². The van der Waals surface area contributed by atoms with Crippen molar-refractivity contribution in [3.05, 3.63) is 47.0 Å². The maximum Gasteiger partial charge on any atom is 0.250 e. The first-order valence-electron chi connectivity index (χ1n) is 5.62. The molecule has 0 fully saturated rings. The number of rotatable bonds is 4. The molecule has 1 heterocycles. The van der Waals surface area contributed by atoms with E-state index >= 15 is 0 Å². The van der Waals surface area contributed by atoms with Crippen LogP contribution >= 0.6 is 11.3 Å². The summed E-state index contributed by atoms with van der Waals surface area (Å²) in [7, 11) is 0. The van der Waals surface area contributed by atoms with Gasteiger partial charge in [0, 0.05) is 6.08 Å². The number of carbonyl (C=O) groups excluding carboxylic acids is 1. The first-order valence-corrected chi connectivity index (χ1v) is 6.50. The second-order valence-electron chi connectivity index (χ2n) is 3.66. The lowest BCUT2D eigenvalue weighted by molar-refractivity contribution is -0.111. The van der Waals surface area contributed by atoms with Crippen molar-refractivity contribution < 1.29 is 4.79 Å². The molecule has 0 spiro atoms. The molecule has 2 aromatic rings. The molecule has 1 aromatic heterocycles. The van der Waals surface area contributed by atoms with E-state index in [1.54, 1.807) is 11.6 Å². The molecule has 0 aliphatic carbocycles. The zero-order chi connectivity index (χ0) is 12.8. The largest absolute Gasteiger partial charge is 0.297 e. The molecule has 1 amide bonds. The predicted octanol–water partition coefficient (Wildman–Crippen LogP) is 2.75. The lowest BCUT2D eigenvalue weighted by Crippen LogP contribution is -2.07. The van der Waals surface area contributed by atoms with E-state index in [0.29, 0.717) is 5.13 Å². The molecule has 0 bridgehead atoms. The van der Waals surface area contributed by atoms with Gasteiger partial charge in [-0.15, -0.1) is 10.2 Å². The van der Waals surface area contributed by atoms with Crippen molar-refractivity contribution >= 4 is 28.5 Å². The van der Waals surface area contributed by atoms with Gasteiger partial charge in [0.25, 0.3) is 0 Å². The Kier molecular flexibility index (Phi) is 4.20. The van der Waals surface area contributed by atoms with Crippen LogP contribution in [0.25, 0.3) is 6.08 Å². The fourth-order valence-corrected chi connectivity index (χ4v) is 1.86. The van der Waals surface area contributed by atoms with Crippen molar-refractivity contribution in [2.45, 2.75) is 13.3 Å². The van der Waals surface area contributed by atoms with Gasteiger partial charge in [0.1, 0.15) is 5.51 Å². The van der Waals surface area contributed by atoms with E-state index in [0.717, 1.165) is 12.0 Å². The molecule has 1 N–H and O–H groups in total. The van der Waals surface area contributed by atoms with Crippen molar-refractivity contribution in [2.24, 2.45) is 0 Å². The number of benzene rings is 1. The standard InChI is InChI=1S/C13H13N3OS/c1-2-10-3-5-11(6-4-10)7-8-12(17)15-13-16-14-9-18-13/h3-9H,2H2,1H3,(H,15,16,17)/b8-7+. The number of carbonyl (C=O) groups is 1. The van der Waals surface area contributed by atoms with Gasteiger partial charge in [-0.1, -0.05) is 42.5 Å². The van der Waals surface area contributed by atoms with Gasteiger partial charge in [-0.05, 0) is 23.6 Å². The van der Waals surface area contributed by atoms with E-state index in [1.807, 2.05) is 12.1 Å². The van der Waals surface area contributed by atoms with Gasteiger partial charge in [-0.3, -0.25) is 10.1 Å². The number of anilines is 1. The molecule has 0 saturated carbocycles. The van der Waals surface area contributed by atoms with Crippen LogP contribution in [0.1, 0.15) is 18.1 Å². The minimum absolute atomic E-state index is 0.202. The van der Waals surface area contributed by atoms with Crippen LogP contribution in [0.5, 0.6) is 0 Å².